The SMILES string of the molecule is CC(=O)NCCNC(=O)c1nc(-c2cccc(C(=O)NCc3ccccc3)c2)cnc1N. The molecule has 164 valence electrons. The molecule has 0 radical (unpaired) electrons. The maximum Gasteiger partial charge on any atom is 0.273 e. The number of anilines is 1. The highest BCUT2D eigenvalue weighted by Gasteiger charge is 2.15. The smallest absolute Gasteiger partial charge is 0.273 e. The molecule has 32 heavy (non-hydrogen) atoms. The Hall–Kier alpha value is -4.27. The van der Waals surface area contributed by atoms with Gasteiger partial charge in [-0.15, -0.1) is 0 Å². The fraction of sp³-hybridized carbons (Fsp3) is 0.174. The van der Waals surface area contributed by atoms with Crippen LogP contribution in [0.2, 0.25) is 0 Å². The van der Waals surface area contributed by atoms with E-state index in [1.54, 1.807) is 24.3 Å². The van der Waals surface area contributed by atoms with Gasteiger partial charge in [-0.2, -0.15) is 0 Å². The van der Waals surface area contributed by atoms with E-state index in [4.69, 9.17) is 5.73 Å². The number of amides is 3. The second-order valence-corrected chi connectivity index (χ2v) is 6.98. The zero-order valence-corrected chi connectivity index (χ0v) is 17.6. The summed E-state index contributed by atoms with van der Waals surface area (Å²) in [5.41, 5.74) is 8.28. The molecule has 0 unspecified atom stereocenters. The van der Waals surface area contributed by atoms with E-state index in [0.717, 1.165) is 5.56 Å². The van der Waals surface area contributed by atoms with Crippen molar-refractivity contribution in [3.8, 4) is 11.3 Å². The Kier molecular flexibility index (Phi) is 7.47. The highest BCUT2D eigenvalue weighted by molar-refractivity contribution is 5.97. The summed E-state index contributed by atoms with van der Waals surface area (Å²) >= 11 is 0. The fourth-order valence-corrected chi connectivity index (χ4v) is 2.90. The van der Waals surface area contributed by atoms with E-state index in [9.17, 15) is 14.4 Å². The number of nitrogens with two attached hydrogens (primary N) is 1. The van der Waals surface area contributed by atoms with Crippen LogP contribution in [0.1, 0.15) is 33.3 Å². The first-order valence-electron chi connectivity index (χ1n) is 10.0. The molecular formula is C23H24N6O3. The van der Waals surface area contributed by atoms with Crippen molar-refractivity contribution in [2.24, 2.45) is 0 Å². The van der Waals surface area contributed by atoms with E-state index in [1.807, 2.05) is 30.3 Å². The summed E-state index contributed by atoms with van der Waals surface area (Å²) in [5, 5.41) is 8.10. The number of hydrogen-bond acceptors (Lipinski definition) is 6. The lowest BCUT2D eigenvalue weighted by molar-refractivity contribution is -0.118. The first kappa shape index (κ1) is 22.4. The van der Waals surface area contributed by atoms with Gasteiger partial charge in [0.2, 0.25) is 5.91 Å². The Balaban J connectivity index is 1.71. The van der Waals surface area contributed by atoms with Crippen LogP contribution in [0.3, 0.4) is 0 Å². The van der Waals surface area contributed by atoms with Crippen LogP contribution in [0, 0.1) is 0 Å². The van der Waals surface area contributed by atoms with Gasteiger partial charge in [0.1, 0.15) is 0 Å². The number of nitrogens with one attached hydrogen (secondary N) is 3. The number of nitrogen functional groups attached to an aromatic ring is 1. The van der Waals surface area contributed by atoms with E-state index >= 15 is 0 Å². The summed E-state index contributed by atoms with van der Waals surface area (Å²) in [4.78, 5) is 44.3. The molecule has 1 heterocycles. The van der Waals surface area contributed by atoms with Gasteiger partial charge < -0.3 is 21.7 Å². The quantitative estimate of drug-likeness (QED) is 0.398. The summed E-state index contributed by atoms with van der Waals surface area (Å²) in [6.45, 7) is 2.31. The van der Waals surface area contributed by atoms with Gasteiger partial charge in [-0.3, -0.25) is 14.4 Å². The molecule has 9 nitrogen and oxygen atoms in total. The molecule has 0 aliphatic rings. The summed E-state index contributed by atoms with van der Waals surface area (Å²) in [6, 6.07) is 16.5. The lowest BCUT2D eigenvalue weighted by Gasteiger charge is -2.10. The number of carbonyl (C=O) groups is 3. The van der Waals surface area contributed by atoms with Crippen molar-refractivity contribution in [2.45, 2.75) is 13.5 Å². The first-order chi connectivity index (χ1) is 15.4. The number of hydrogen-bond donors (Lipinski definition) is 4. The van der Waals surface area contributed by atoms with Crippen LogP contribution in [0.25, 0.3) is 11.3 Å². The molecule has 0 aliphatic carbocycles. The topological polar surface area (TPSA) is 139 Å². The van der Waals surface area contributed by atoms with Crippen LogP contribution < -0.4 is 21.7 Å². The number of rotatable bonds is 8. The molecule has 2 aromatic carbocycles. The molecule has 0 bridgehead atoms. The van der Waals surface area contributed by atoms with Gasteiger partial charge in [0.25, 0.3) is 11.8 Å². The molecular weight excluding hydrogens is 408 g/mol. The third-order valence-corrected chi connectivity index (χ3v) is 4.52. The Morgan fingerprint density at radius 1 is 0.906 bits per heavy atom. The van der Waals surface area contributed by atoms with Crippen molar-refractivity contribution < 1.29 is 14.4 Å². The van der Waals surface area contributed by atoms with Crippen molar-refractivity contribution in [3.63, 3.8) is 0 Å². The van der Waals surface area contributed by atoms with Crippen LogP contribution in [0.15, 0.2) is 60.8 Å². The average Bonchev–Trinajstić information content (AvgIpc) is 2.81. The normalized spacial score (nSPS) is 10.3. The van der Waals surface area contributed by atoms with Gasteiger partial charge >= 0.3 is 0 Å². The van der Waals surface area contributed by atoms with Crippen molar-refractivity contribution in [1.82, 2.24) is 25.9 Å². The molecule has 9 heteroatoms. The van der Waals surface area contributed by atoms with Gasteiger partial charge in [-0.1, -0.05) is 42.5 Å². The van der Waals surface area contributed by atoms with Crippen LogP contribution in [-0.4, -0.2) is 40.8 Å². The predicted molar refractivity (Wildman–Crippen MR) is 121 cm³/mol. The van der Waals surface area contributed by atoms with Gasteiger partial charge in [0, 0.05) is 37.7 Å². The van der Waals surface area contributed by atoms with Crippen molar-refractivity contribution in [3.05, 3.63) is 77.6 Å². The number of carbonyl (C=O) groups excluding carboxylic acids is 3. The molecule has 3 aromatic rings. The molecule has 0 spiro atoms. The van der Waals surface area contributed by atoms with Gasteiger partial charge in [-0.05, 0) is 17.7 Å². The minimum Gasteiger partial charge on any atom is -0.382 e. The Morgan fingerprint density at radius 2 is 1.66 bits per heavy atom. The number of benzene rings is 2. The predicted octanol–water partition coefficient (Wildman–Crippen LogP) is 1.52. The minimum absolute atomic E-state index is 0.0115. The second-order valence-electron chi connectivity index (χ2n) is 6.98. The van der Waals surface area contributed by atoms with E-state index in [0.29, 0.717) is 23.4 Å². The Bertz CT molecular complexity index is 1120. The number of aromatic nitrogens is 2. The van der Waals surface area contributed by atoms with Crippen LogP contribution in [0.4, 0.5) is 5.82 Å². The highest BCUT2D eigenvalue weighted by Crippen LogP contribution is 2.20. The van der Waals surface area contributed by atoms with E-state index < -0.39 is 5.91 Å². The van der Waals surface area contributed by atoms with Crippen molar-refractivity contribution in [2.75, 3.05) is 18.8 Å². The monoisotopic (exact) mass is 432 g/mol. The van der Waals surface area contributed by atoms with E-state index in [-0.39, 0.29) is 36.4 Å². The lowest BCUT2D eigenvalue weighted by Crippen LogP contribution is -2.34. The zero-order chi connectivity index (χ0) is 22.9. The van der Waals surface area contributed by atoms with Crippen LogP contribution >= 0.6 is 0 Å². The summed E-state index contributed by atoms with van der Waals surface area (Å²) < 4.78 is 0. The molecule has 5 N–H and O–H groups in total. The summed E-state index contributed by atoms with van der Waals surface area (Å²) in [7, 11) is 0. The second kappa shape index (κ2) is 10.7. The Morgan fingerprint density at radius 3 is 2.41 bits per heavy atom. The summed E-state index contributed by atoms with van der Waals surface area (Å²) in [5.74, 6) is -0.926. The van der Waals surface area contributed by atoms with E-state index in [1.165, 1.54) is 13.1 Å². The third kappa shape index (κ3) is 6.11. The molecule has 0 saturated carbocycles. The molecule has 0 atom stereocenters. The van der Waals surface area contributed by atoms with Gasteiger partial charge in [-0.25, -0.2) is 9.97 Å². The average molecular weight is 432 g/mol. The lowest BCUT2D eigenvalue weighted by atomic mass is 10.1. The molecule has 0 aliphatic heterocycles. The Labute approximate surface area is 185 Å². The van der Waals surface area contributed by atoms with Crippen molar-refractivity contribution >= 4 is 23.5 Å². The van der Waals surface area contributed by atoms with Gasteiger partial charge in [0.15, 0.2) is 11.5 Å². The highest BCUT2D eigenvalue weighted by atomic mass is 16.2. The summed E-state index contributed by atoms with van der Waals surface area (Å²) in [6.07, 6.45) is 1.45. The molecule has 3 amide bonds. The van der Waals surface area contributed by atoms with Gasteiger partial charge in [0.05, 0.1) is 11.9 Å². The minimum atomic E-state index is -0.501. The molecule has 3 rings (SSSR count). The largest absolute Gasteiger partial charge is 0.382 e. The molecule has 0 saturated heterocycles. The third-order valence-electron chi connectivity index (χ3n) is 4.52. The first-order valence-corrected chi connectivity index (χ1v) is 10.0. The maximum atomic E-state index is 12.6. The molecule has 1 aromatic heterocycles. The van der Waals surface area contributed by atoms with Crippen molar-refractivity contribution in [1.29, 1.82) is 0 Å². The zero-order valence-electron chi connectivity index (χ0n) is 17.6. The maximum absolute atomic E-state index is 12.6. The van der Waals surface area contributed by atoms with Crippen LogP contribution in [0.5, 0.6) is 0 Å². The number of nitrogens with zero attached hydrogens (tertiary/aromatic N) is 2. The van der Waals surface area contributed by atoms with Crippen LogP contribution in [-0.2, 0) is 11.3 Å². The fourth-order valence-electron chi connectivity index (χ4n) is 2.90. The van der Waals surface area contributed by atoms with E-state index in [2.05, 4.69) is 25.9 Å². The molecule has 0 fully saturated rings. The standard InChI is InChI=1S/C23H24N6O3/c1-15(30)25-10-11-26-23(32)20-21(24)27-14-19(29-20)17-8-5-9-18(12-17)22(31)28-13-16-6-3-2-4-7-16/h2-9,12,14H,10-11,13H2,1H3,(H2,24,27)(H,25,30)(H,26,32)(H,28,31).